The van der Waals surface area contributed by atoms with Crippen molar-refractivity contribution in [3.8, 4) is 0 Å². The summed E-state index contributed by atoms with van der Waals surface area (Å²) in [6, 6.07) is 22.8. The molecule has 0 fully saturated rings. The summed E-state index contributed by atoms with van der Waals surface area (Å²) in [7, 11) is -3.77. The number of halogens is 1. The van der Waals surface area contributed by atoms with E-state index in [-0.39, 0.29) is 17.3 Å². The van der Waals surface area contributed by atoms with Crippen LogP contribution in [0.4, 0.5) is 10.8 Å². The molecule has 0 saturated carbocycles. The molecule has 7 nitrogen and oxygen atoms in total. The quantitative estimate of drug-likeness (QED) is 0.239. The van der Waals surface area contributed by atoms with E-state index >= 15 is 0 Å². The second-order valence-corrected chi connectivity index (χ2v) is 12.6. The number of aromatic nitrogens is 2. The zero-order chi connectivity index (χ0) is 27.1. The Morgan fingerprint density at radius 1 is 1.05 bits per heavy atom. The number of carbonyl (C=O) groups is 1. The second-order valence-electron chi connectivity index (χ2n) is 9.26. The average Bonchev–Trinajstić information content (AvgIpc) is 3.57. The molecular formula is C29H23ClN4O3S2. The van der Waals surface area contributed by atoms with Gasteiger partial charge in [0.05, 0.1) is 33.0 Å². The maximum atomic E-state index is 13.8. The van der Waals surface area contributed by atoms with Gasteiger partial charge in [0.2, 0.25) is 0 Å². The molecule has 5 aromatic rings. The molecule has 2 aromatic heterocycles. The first-order valence-electron chi connectivity index (χ1n) is 12.3. The van der Waals surface area contributed by atoms with E-state index < -0.39 is 10.0 Å². The number of pyridine rings is 1. The Labute approximate surface area is 235 Å². The molecule has 196 valence electrons. The van der Waals surface area contributed by atoms with Gasteiger partial charge in [-0.05, 0) is 79.1 Å². The van der Waals surface area contributed by atoms with Gasteiger partial charge >= 0.3 is 0 Å². The Kier molecular flexibility index (Phi) is 6.58. The number of thiazole rings is 1. The van der Waals surface area contributed by atoms with E-state index in [1.165, 1.54) is 27.8 Å². The number of carbonyl (C=O) groups excluding carboxylic acids is 1. The molecule has 0 unspecified atom stereocenters. The Bertz CT molecular complexity index is 1810. The van der Waals surface area contributed by atoms with Crippen LogP contribution in [0.25, 0.3) is 10.2 Å². The predicted octanol–water partition coefficient (Wildman–Crippen LogP) is 6.25. The highest BCUT2D eigenvalue weighted by Gasteiger charge is 2.31. The largest absolute Gasteiger partial charge is 0.278 e. The number of nitrogens with zero attached hydrogens (tertiary/aromatic N) is 4. The molecule has 1 aliphatic heterocycles. The summed E-state index contributed by atoms with van der Waals surface area (Å²) in [6.07, 6.45) is 2.34. The number of sulfonamides is 1. The number of hydrogen-bond acceptors (Lipinski definition) is 6. The molecule has 0 aliphatic carbocycles. The Morgan fingerprint density at radius 3 is 2.59 bits per heavy atom. The molecule has 1 aliphatic rings. The lowest BCUT2D eigenvalue weighted by atomic mass is 10.2. The highest BCUT2D eigenvalue weighted by atomic mass is 35.5. The molecule has 3 aromatic carbocycles. The van der Waals surface area contributed by atoms with Gasteiger partial charge in [-0.25, -0.2) is 13.4 Å². The van der Waals surface area contributed by atoms with Crippen LogP contribution in [0.2, 0.25) is 5.02 Å². The van der Waals surface area contributed by atoms with Crippen molar-refractivity contribution in [2.45, 2.75) is 24.8 Å². The fourth-order valence-electron chi connectivity index (χ4n) is 4.75. The van der Waals surface area contributed by atoms with E-state index in [2.05, 4.69) is 4.98 Å². The Morgan fingerprint density at radius 2 is 1.82 bits per heavy atom. The van der Waals surface area contributed by atoms with Gasteiger partial charge in [0.15, 0.2) is 5.13 Å². The number of amides is 1. The van der Waals surface area contributed by atoms with Gasteiger partial charge in [0, 0.05) is 23.3 Å². The van der Waals surface area contributed by atoms with Crippen molar-refractivity contribution >= 4 is 59.9 Å². The average molecular weight is 575 g/mol. The highest BCUT2D eigenvalue weighted by Crippen LogP contribution is 2.35. The molecule has 0 N–H and O–H groups in total. The molecule has 6 rings (SSSR count). The van der Waals surface area contributed by atoms with E-state index in [4.69, 9.17) is 16.6 Å². The molecule has 1 amide bonds. The minimum atomic E-state index is -3.77. The van der Waals surface area contributed by atoms with E-state index in [9.17, 15) is 13.2 Å². The van der Waals surface area contributed by atoms with E-state index in [0.717, 1.165) is 21.3 Å². The SMILES string of the molecule is Cc1cc(Cl)cc2sc(N(Cc3ccccn3)C(=O)c3ccc(S(=O)(=O)N4CCc5ccccc54)cc3)nc12. The van der Waals surface area contributed by atoms with Crippen molar-refractivity contribution < 1.29 is 13.2 Å². The fraction of sp³-hybridized carbons (Fsp3) is 0.138. The van der Waals surface area contributed by atoms with Crippen molar-refractivity contribution in [3.63, 3.8) is 0 Å². The third-order valence-corrected chi connectivity index (χ3v) is 9.77. The fourth-order valence-corrected chi connectivity index (χ4v) is 7.67. The van der Waals surface area contributed by atoms with Crippen LogP contribution in [0.15, 0.2) is 90.0 Å². The van der Waals surface area contributed by atoms with E-state index in [1.54, 1.807) is 23.2 Å². The van der Waals surface area contributed by atoms with E-state index in [0.29, 0.717) is 40.1 Å². The lowest BCUT2D eigenvalue weighted by molar-refractivity contribution is 0.0984. The van der Waals surface area contributed by atoms with Gasteiger partial charge in [-0.15, -0.1) is 0 Å². The molecule has 3 heterocycles. The normalized spacial score (nSPS) is 13.0. The van der Waals surface area contributed by atoms with Crippen LogP contribution < -0.4 is 9.21 Å². The molecule has 39 heavy (non-hydrogen) atoms. The van der Waals surface area contributed by atoms with Gasteiger partial charge < -0.3 is 0 Å². The summed E-state index contributed by atoms with van der Waals surface area (Å²) in [5.41, 5.74) is 4.46. The Balaban J connectivity index is 1.34. The molecule has 10 heteroatoms. The summed E-state index contributed by atoms with van der Waals surface area (Å²) in [5.74, 6) is -0.307. The highest BCUT2D eigenvalue weighted by molar-refractivity contribution is 7.92. The molecule has 0 saturated heterocycles. The smallest absolute Gasteiger partial charge is 0.264 e. The third kappa shape index (κ3) is 4.78. The van der Waals surface area contributed by atoms with Crippen molar-refractivity contribution in [3.05, 3.63) is 112 Å². The van der Waals surface area contributed by atoms with Crippen LogP contribution in [0.3, 0.4) is 0 Å². The van der Waals surface area contributed by atoms with Gasteiger partial charge in [0.1, 0.15) is 0 Å². The first-order valence-corrected chi connectivity index (χ1v) is 14.9. The number of anilines is 2. The molecular weight excluding hydrogens is 552 g/mol. The molecule has 0 bridgehead atoms. The van der Waals surface area contributed by atoms with Crippen LogP contribution in [0, 0.1) is 6.92 Å². The molecule has 0 spiro atoms. The van der Waals surface area contributed by atoms with Crippen LogP contribution in [-0.2, 0) is 23.0 Å². The summed E-state index contributed by atoms with van der Waals surface area (Å²) in [4.78, 5) is 24.7. The number of fused-ring (bicyclic) bond motifs is 2. The minimum Gasteiger partial charge on any atom is -0.278 e. The summed E-state index contributed by atoms with van der Waals surface area (Å²) >= 11 is 7.64. The monoisotopic (exact) mass is 574 g/mol. The summed E-state index contributed by atoms with van der Waals surface area (Å²) in [5, 5.41) is 1.12. The number of para-hydroxylation sites is 1. The van der Waals surface area contributed by atoms with Gasteiger partial charge in [0.25, 0.3) is 15.9 Å². The lowest BCUT2D eigenvalue weighted by Gasteiger charge is -2.21. The Hall–Kier alpha value is -3.79. The maximum Gasteiger partial charge on any atom is 0.264 e. The number of aryl methyl sites for hydroxylation is 1. The first-order chi connectivity index (χ1) is 18.8. The second kappa shape index (κ2) is 10.1. The van der Waals surface area contributed by atoms with Gasteiger partial charge in [-0.3, -0.25) is 19.0 Å². The molecule has 0 radical (unpaired) electrons. The number of rotatable bonds is 6. The third-order valence-electron chi connectivity index (χ3n) is 6.70. The van der Waals surface area contributed by atoms with Crippen LogP contribution in [-0.4, -0.2) is 30.8 Å². The van der Waals surface area contributed by atoms with Gasteiger partial charge in [-0.1, -0.05) is 47.2 Å². The number of benzene rings is 3. The summed E-state index contributed by atoms with van der Waals surface area (Å²) < 4.78 is 29.2. The van der Waals surface area contributed by atoms with Crippen LogP contribution in [0.1, 0.15) is 27.2 Å². The standard InChI is InChI=1S/C29H23ClN4O3S2/c1-19-16-22(30)17-26-27(19)32-29(38-26)33(18-23-7-4-5-14-31-23)28(35)21-9-11-24(12-10-21)39(36,37)34-15-13-20-6-2-3-8-25(20)34/h2-12,14,16-17H,13,15,18H2,1H3. The zero-order valence-electron chi connectivity index (χ0n) is 20.9. The van der Waals surface area contributed by atoms with Crippen molar-refractivity contribution in [1.82, 2.24) is 9.97 Å². The number of hydrogen-bond donors (Lipinski definition) is 0. The van der Waals surface area contributed by atoms with Crippen LogP contribution >= 0.6 is 22.9 Å². The summed E-state index contributed by atoms with van der Waals surface area (Å²) in [6.45, 7) is 2.53. The van der Waals surface area contributed by atoms with E-state index in [1.807, 2.05) is 61.5 Å². The maximum absolute atomic E-state index is 13.8. The first kappa shape index (κ1) is 25.5. The zero-order valence-corrected chi connectivity index (χ0v) is 23.3. The lowest BCUT2D eigenvalue weighted by Crippen LogP contribution is -2.31. The minimum absolute atomic E-state index is 0.136. The van der Waals surface area contributed by atoms with Crippen molar-refractivity contribution in [1.29, 1.82) is 0 Å². The van der Waals surface area contributed by atoms with Crippen molar-refractivity contribution in [2.24, 2.45) is 0 Å². The topological polar surface area (TPSA) is 83.5 Å². The van der Waals surface area contributed by atoms with Gasteiger partial charge in [-0.2, -0.15) is 0 Å². The van der Waals surface area contributed by atoms with Crippen LogP contribution in [0.5, 0.6) is 0 Å². The molecule has 0 atom stereocenters. The predicted molar refractivity (Wildman–Crippen MR) is 155 cm³/mol. The van der Waals surface area contributed by atoms with Crippen molar-refractivity contribution in [2.75, 3.05) is 15.7 Å².